The number of ketones is 1. The lowest BCUT2D eigenvalue weighted by atomic mass is 10.1. The molecular weight excluding hydrogens is 298 g/mol. The van der Waals surface area contributed by atoms with E-state index in [0.29, 0.717) is 17.7 Å². The Bertz CT molecular complexity index is 915. The zero-order valence-corrected chi connectivity index (χ0v) is 13.0. The van der Waals surface area contributed by atoms with Gasteiger partial charge in [0.2, 0.25) is 5.88 Å². The number of benzene rings is 1. The first kappa shape index (κ1) is 16.2. The van der Waals surface area contributed by atoms with Crippen molar-refractivity contribution in [3.63, 3.8) is 0 Å². The number of carbonyl (C=O) groups excluding carboxylic acids is 1. The summed E-state index contributed by atoms with van der Waals surface area (Å²) in [6.45, 7) is 1.77. The third kappa shape index (κ3) is 2.92. The van der Waals surface area contributed by atoms with Gasteiger partial charge in [0, 0.05) is 26.1 Å². The number of hydrogen-bond acceptors (Lipinski definition) is 5. The summed E-state index contributed by atoms with van der Waals surface area (Å²) in [6.07, 6.45) is 0.391. The molecule has 0 radical (unpaired) electrons. The number of nitrogens with zero attached hydrogens (tertiary/aromatic N) is 3. The molecule has 118 valence electrons. The first-order valence-corrected chi connectivity index (χ1v) is 6.92. The molecule has 0 fully saturated rings. The molecule has 1 aromatic carbocycles. The molecule has 1 heterocycles. The van der Waals surface area contributed by atoms with Crippen LogP contribution in [0, 0.1) is 11.3 Å². The van der Waals surface area contributed by atoms with Crippen LogP contribution < -0.4 is 16.0 Å². The molecule has 7 heteroatoms. The average Bonchev–Trinajstić information content (AvgIpc) is 2.58. The summed E-state index contributed by atoms with van der Waals surface area (Å²) in [5.74, 6) is 0.183. The van der Waals surface area contributed by atoms with Gasteiger partial charge in [0.15, 0.2) is 11.3 Å². The number of nitriles is 1. The van der Waals surface area contributed by atoms with Crippen LogP contribution in [0.4, 0.5) is 0 Å². The maximum absolute atomic E-state index is 12.0. The fraction of sp³-hybridized carbons (Fsp3) is 0.250. The van der Waals surface area contributed by atoms with Gasteiger partial charge >= 0.3 is 5.69 Å². The minimum Gasteiger partial charge on any atom is -0.439 e. The summed E-state index contributed by atoms with van der Waals surface area (Å²) < 4.78 is 7.46. The summed E-state index contributed by atoms with van der Waals surface area (Å²) in [6, 6.07) is 8.03. The highest BCUT2D eigenvalue weighted by molar-refractivity contribution is 5.95. The van der Waals surface area contributed by atoms with E-state index in [4.69, 9.17) is 10.00 Å². The van der Waals surface area contributed by atoms with Gasteiger partial charge in [0.1, 0.15) is 11.8 Å². The molecule has 2 rings (SSSR count). The Morgan fingerprint density at radius 1 is 1.17 bits per heavy atom. The molecule has 0 aliphatic heterocycles. The van der Waals surface area contributed by atoms with Crippen molar-refractivity contribution in [3.05, 3.63) is 56.2 Å². The molecular formula is C16H15N3O4. The maximum atomic E-state index is 12.0. The minimum atomic E-state index is -0.719. The van der Waals surface area contributed by atoms with Crippen molar-refractivity contribution in [2.45, 2.75) is 13.3 Å². The van der Waals surface area contributed by atoms with Crippen LogP contribution in [-0.4, -0.2) is 14.9 Å². The van der Waals surface area contributed by atoms with Crippen LogP contribution >= 0.6 is 0 Å². The largest absolute Gasteiger partial charge is 0.439 e. The Morgan fingerprint density at radius 2 is 1.78 bits per heavy atom. The number of hydrogen-bond donors (Lipinski definition) is 0. The summed E-state index contributed by atoms with van der Waals surface area (Å²) in [5, 5.41) is 9.16. The van der Waals surface area contributed by atoms with Crippen molar-refractivity contribution in [1.82, 2.24) is 9.13 Å². The van der Waals surface area contributed by atoms with Gasteiger partial charge in [-0.15, -0.1) is 0 Å². The van der Waals surface area contributed by atoms with Crippen molar-refractivity contribution in [1.29, 1.82) is 5.26 Å². The Kier molecular flexibility index (Phi) is 4.46. The normalized spacial score (nSPS) is 10.2. The van der Waals surface area contributed by atoms with Crippen LogP contribution in [0.1, 0.15) is 29.3 Å². The van der Waals surface area contributed by atoms with Gasteiger partial charge in [0.25, 0.3) is 5.56 Å². The third-order valence-corrected chi connectivity index (χ3v) is 3.43. The zero-order valence-electron chi connectivity index (χ0n) is 13.0. The van der Waals surface area contributed by atoms with Gasteiger partial charge in [-0.3, -0.25) is 18.7 Å². The lowest BCUT2D eigenvalue weighted by Gasteiger charge is -2.12. The molecule has 0 aliphatic rings. The standard InChI is InChI=1S/C16H15N3O4/c1-4-13(20)10-5-7-11(8-6-10)23-15-12(9-17)14(21)18(2)16(22)19(15)3/h5-8H,4H2,1-3H3. The van der Waals surface area contributed by atoms with Gasteiger partial charge in [-0.25, -0.2) is 4.79 Å². The van der Waals surface area contributed by atoms with Crippen LogP contribution in [0.15, 0.2) is 33.9 Å². The lowest BCUT2D eigenvalue weighted by molar-refractivity contribution is 0.0988. The van der Waals surface area contributed by atoms with Crippen LogP contribution in [0.2, 0.25) is 0 Å². The Balaban J connectivity index is 2.49. The first-order valence-electron chi connectivity index (χ1n) is 6.92. The minimum absolute atomic E-state index is 0.00440. The molecule has 0 bridgehead atoms. The van der Waals surface area contributed by atoms with Crippen LogP contribution in [0.25, 0.3) is 0 Å². The zero-order chi connectivity index (χ0) is 17.1. The summed E-state index contributed by atoms with van der Waals surface area (Å²) in [7, 11) is 2.70. The SMILES string of the molecule is CCC(=O)c1ccc(Oc2c(C#N)c(=O)n(C)c(=O)n2C)cc1. The van der Waals surface area contributed by atoms with E-state index >= 15 is 0 Å². The second-order valence-corrected chi connectivity index (χ2v) is 4.90. The summed E-state index contributed by atoms with van der Waals surface area (Å²) >= 11 is 0. The molecule has 23 heavy (non-hydrogen) atoms. The number of Topliss-reactive ketones (excluding diaryl/α,β-unsaturated/α-hetero) is 1. The molecule has 1 aromatic heterocycles. The van der Waals surface area contributed by atoms with E-state index in [1.807, 2.05) is 0 Å². The first-order chi connectivity index (χ1) is 10.9. The molecule has 2 aromatic rings. The second kappa shape index (κ2) is 6.32. The van der Waals surface area contributed by atoms with Gasteiger partial charge in [0.05, 0.1) is 0 Å². The topological polar surface area (TPSA) is 94.1 Å². The highest BCUT2D eigenvalue weighted by Crippen LogP contribution is 2.22. The number of carbonyl (C=O) groups is 1. The van der Waals surface area contributed by atoms with Crippen molar-refractivity contribution in [2.24, 2.45) is 14.1 Å². The summed E-state index contributed by atoms with van der Waals surface area (Å²) in [5.41, 5.74) is -1.04. The number of rotatable bonds is 4. The molecule has 0 aliphatic carbocycles. The highest BCUT2D eigenvalue weighted by Gasteiger charge is 2.17. The number of ether oxygens (including phenoxy) is 1. The van der Waals surface area contributed by atoms with Crippen LogP contribution in [0.3, 0.4) is 0 Å². The van der Waals surface area contributed by atoms with Gasteiger partial charge in [-0.2, -0.15) is 5.26 Å². The van der Waals surface area contributed by atoms with Gasteiger partial charge in [-0.05, 0) is 24.3 Å². The Morgan fingerprint density at radius 3 is 2.30 bits per heavy atom. The number of aromatic nitrogens is 2. The van der Waals surface area contributed by atoms with E-state index in [-0.39, 0.29) is 17.2 Å². The van der Waals surface area contributed by atoms with E-state index in [0.717, 1.165) is 9.13 Å². The molecule has 7 nitrogen and oxygen atoms in total. The average molecular weight is 313 g/mol. The van der Waals surface area contributed by atoms with Crippen molar-refractivity contribution in [3.8, 4) is 17.7 Å². The Labute approximate surface area is 132 Å². The molecule has 0 N–H and O–H groups in total. The van der Waals surface area contributed by atoms with Crippen molar-refractivity contribution in [2.75, 3.05) is 0 Å². The molecule has 0 spiro atoms. The van der Waals surface area contributed by atoms with Gasteiger partial charge in [-0.1, -0.05) is 6.92 Å². The monoisotopic (exact) mass is 313 g/mol. The maximum Gasteiger partial charge on any atom is 0.333 e. The molecule has 0 atom stereocenters. The van der Waals surface area contributed by atoms with Crippen LogP contribution in [-0.2, 0) is 14.1 Å². The van der Waals surface area contributed by atoms with E-state index < -0.39 is 11.2 Å². The second-order valence-electron chi connectivity index (χ2n) is 4.90. The molecule has 0 saturated heterocycles. The van der Waals surface area contributed by atoms with Crippen molar-refractivity contribution >= 4 is 5.78 Å². The van der Waals surface area contributed by atoms with E-state index in [1.54, 1.807) is 37.3 Å². The fourth-order valence-corrected chi connectivity index (χ4v) is 2.07. The van der Waals surface area contributed by atoms with Gasteiger partial charge < -0.3 is 4.74 Å². The van der Waals surface area contributed by atoms with E-state index in [2.05, 4.69) is 0 Å². The third-order valence-electron chi connectivity index (χ3n) is 3.43. The highest BCUT2D eigenvalue weighted by atomic mass is 16.5. The Hall–Kier alpha value is -3.14. The predicted octanol–water partition coefficient (Wildman–Crippen LogP) is 1.34. The quantitative estimate of drug-likeness (QED) is 0.794. The molecule has 0 unspecified atom stereocenters. The molecule has 0 saturated carbocycles. The van der Waals surface area contributed by atoms with Crippen LogP contribution in [0.5, 0.6) is 11.6 Å². The molecule has 0 amide bonds. The lowest BCUT2D eigenvalue weighted by Crippen LogP contribution is -2.38. The van der Waals surface area contributed by atoms with E-state index in [9.17, 15) is 14.4 Å². The predicted molar refractivity (Wildman–Crippen MR) is 82.8 cm³/mol. The fourth-order valence-electron chi connectivity index (χ4n) is 2.07. The van der Waals surface area contributed by atoms with Crippen molar-refractivity contribution < 1.29 is 9.53 Å². The summed E-state index contributed by atoms with van der Waals surface area (Å²) in [4.78, 5) is 35.5. The van der Waals surface area contributed by atoms with E-state index in [1.165, 1.54) is 14.1 Å². The smallest absolute Gasteiger partial charge is 0.333 e.